The zero-order valence-electron chi connectivity index (χ0n) is 17.1. The molecule has 9 heteroatoms. The molecule has 5 rings (SSSR count). The second-order valence-electron chi connectivity index (χ2n) is 8.01. The number of imidazole rings is 1. The smallest absolute Gasteiger partial charge is 0.329 e. The van der Waals surface area contributed by atoms with Crippen molar-refractivity contribution in [1.29, 1.82) is 0 Å². The van der Waals surface area contributed by atoms with E-state index in [4.69, 9.17) is 11.6 Å². The Labute approximate surface area is 197 Å². The van der Waals surface area contributed by atoms with Crippen molar-refractivity contribution >= 4 is 45.0 Å². The minimum Gasteiger partial charge on any atom is -0.331 e. The molecule has 2 aliphatic rings. The molecule has 7 nitrogen and oxygen atoms in total. The van der Waals surface area contributed by atoms with Crippen LogP contribution in [0.5, 0.6) is 0 Å². The number of aromatic nitrogens is 2. The molecule has 2 heterocycles. The highest BCUT2D eigenvalue weighted by Gasteiger charge is 2.37. The van der Waals surface area contributed by atoms with Crippen LogP contribution in [0, 0.1) is 0 Å². The number of amides is 2. The largest absolute Gasteiger partial charge is 0.331 e. The standard InChI is InChI=1S/C23H20BrClN4O3/c24-17-9-6-14(12-18(17)25)22(31)27-10-11-28-19(13-27)20(29(23(28)32)16-7-8-16)21(30)26-15-4-2-1-3-5-15/h1-6,9,12,16H,7-8,10-11,13H2,(H,26,30). The molecule has 164 valence electrons. The second kappa shape index (κ2) is 8.26. The Kier molecular flexibility index (Phi) is 5.43. The summed E-state index contributed by atoms with van der Waals surface area (Å²) in [6.07, 6.45) is 1.74. The predicted molar refractivity (Wildman–Crippen MR) is 125 cm³/mol. The number of nitrogens with one attached hydrogen (secondary N) is 1. The maximum absolute atomic E-state index is 13.3. The van der Waals surface area contributed by atoms with Gasteiger partial charge < -0.3 is 10.2 Å². The van der Waals surface area contributed by atoms with Gasteiger partial charge in [-0.2, -0.15) is 0 Å². The van der Waals surface area contributed by atoms with Gasteiger partial charge in [0, 0.05) is 34.9 Å². The minimum atomic E-state index is -0.338. The van der Waals surface area contributed by atoms with Gasteiger partial charge in [0.05, 0.1) is 17.3 Å². The summed E-state index contributed by atoms with van der Waals surface area (Å²) < 4.78 is 3.96. The molecule has 3 aromatic rings. The van der Waals surface area contributed by atoms with Gasteiger partial charge in [0.15, 0.2) is 0 Å². The normalized spacial score (nSPS) is 15.4. The Hall–Kier alpha value is -2.84. The Morgan fingerprint density at radius 1 is 1.06 bits per heavy atom. The molecule has 0 radical (unpaired) electrons. The lowest BCUT2D eigenvalue weighted by atomic mass is 10.1. The SMILES string of the molecule is O=C(Nc1ccccc1)c1c2n(c(=O)n1C1CC1)CCN(C(=O)c1ccc(Br)c(Cl)c1)C2. The zero-order valence-corrected chi connectivity index (χ0v) is 19.4. The van der Waals surface area contributed by atoms with Gasteiger partial charge in [-0.15, -0.1) is 0 Å². The first-order valence-corrected chi connectivity index (χ1v) is 11.6. The predicted octanol–water partition coefficient (Wildman–Crippen LogP) is 4.31. The van der Waals surface area contributed by atoms with Gasteiger partial charge in [-0.1, -0.05) is 29.8 Å². The second-order valence-corrected chi connectivity index (χ2v) is 9.27. The summed E-state index contributed by atoms with van der Waals surface area (Å²) in [5.41, 5.74) is 1.84. The third kappa shape index (κ3) is 3.78. The maximum atomic E-state index is 13.3. The highest BCUT2D eigenvalue weighted by Crippen LogP contribution is 2.36. The van der Waals surface area contributed by atoms with Crippen molar-refractivity contribution in [1.82, 2.24) is 14.0 Å². The van der Waals surface area contributed by atoms with E-state index in [1.807, 2.05) is 18.2 Å². The van der Waals surface area contributed by atoms with E-state index >= 15 is 0 Å². The molecule has 1 aliphatic carbocycles. The molecule has 0 atom stereocenters. The fourth-order valence-electron chi connectivity index (χ4n) is 4.09. The number of para-hydroxylation sites is 1. The molecule has 1 N–H and O–H groups in total. The molecule has 2 amide bonds. The van der Waals surface area contributed by atoms with Crippen LogP contribution in [0.25, 0.3) is 0 Å². The molecule has 1 aromatic heterocycles. The molecule has 1 fully saturated rings. The summed E-state index contributed by atoms with van der Waals surface area (Å²) in [7, 11) is 0. The van der Waals surface area contributed by atoms with Crippen molar-refractivity contribution in [2.24, 2.45) is 0 Å². The summed E-state index contributed by atoms with van der Waals surface area (Å²) in [4.78, 5) is 41.2. The Balaban J connectivity index is 1.50. The number of anilines is 1. The van der Waals surface area contributed by atoms with Crippen LogP contribution in [-0.4, -0.2) is 32.4 Å². The van der Waals surface area contributed by atoms with E-state index in [2.05, 4.69) is 21.2 Å². The van der Waals surface area contributed by atoms with Crippen LogP contribution >= 0.6 is 27.5 Å². The van der Waals surface area contributed by atoms with Crippen molar-refractivity contribution in [2.75, 3.05) is 11.9 Å². The fraction of sp³-hybridized carbons (Fsp3) is 0.261. The maximum Gasteiger partial charge on any atom is 0.329 e. The van der Waals surface area contributed by atoms with Gasteiger partial charge in [0.2, 0.25) is 0 Å². The summed E-state index contributed by atoms with van der Waals surface area (Å²) in [6.45, 7) is 0.905. The number of benzene rings is 2. The van der Waals surface area contributed by atoms with E-state index in [1.165, 1.54) is 0 Å². The van der Waals surface area contributed by atoms with Crippen LogP contribution in [0.4, 0.5) is 5.69 Å². The summed E-state index contributed by atoms with van der Waals surface area (Å²) in [5.74, 6) is -0.526. The van der Waals surface area contributed by atoms with Crippen molar-refractivity contribution in [3.63, 3.8) is 0 Å². The van der Waals surface area contributed by atoms with E-state index in [-0.39, 0.29) is 30.1 Å². The van der Waals surface area contributed by atoms with Gasteiger partial charge in [0.1, 0.15) is 5.69 Å². The molecule has 0 bridgehead atoms. The first-order valence-electron chi connectivity index (χ1n) is 10.4. The minimum absolute atomic E-state index is 0.0338. The number of halogens is 2. The zero-order chi connectivity index (χ0) is 22.4. The van der Waals surface area contributed by atoms with Crippen LogP contribution in [0.15, 0.2) is 57.8 Å². The van der Waals surface area contributed by atoms with Crippen LogP contribution in [-0.2, 0) is 13.1 Å². The third-order valence-electron chi connectivity index (χ3n) is 5.82. The van der Waals surface area contributed by atoms with Gasteiger partial charge in [-0.05, 0) is 59.1 Å². The van der Waals surface area contributed by atoms with E-state index < -0.39 is 0 Å². The molecular weight excluding hydrogens is 496 g/mol. The van der Waals surface area contributed by atoms with Crippen LogP contribution < -0.4 is 11.0 Å². The van der Waals surface area contributed by atoms with E-state index in [0.29, 0.717) is 45.2 Å². The number of carbonyl (C=O) groups is 2. The molecule has 1 saturated carbocycles. The third-order valence-corrected chi connectivity index (χ3v) is 7.06. The van der Waals surface area contributed by atoms with Crippen LogP contribution in [0.1, 0.15) is 45.4 Å². The van der Waals surface area contributed by atoms with Crippen LogP contribution in [0.3, 0.4) is 0 Å². The number of rotatable bonds is 4. The first kappa shape index (κ1) is 21.0. The number of fused-ring (bicyclic) bond motifs is 1. The van der Waals surface area contributed by atoms with E-state index in [0.717, 1.165) is 12.8 Å². The topological polar surface area (TPSA) is 76.3 Å². The first-order chi connectivity index (χ1) is 15.4. The molecular formula is C23H20BrClN4O3. The van der Waals surface area contributed by atoms with E-state index in [1.54, 1.807) is 44.4 Å². The van der Waals surface area contributed by atoms with Crippen LogP contribution in [0.2, 0.25) is 5.02 Å². The Morgan fingerprint density at radius 2 is 1.81 bits per heavy atom. The molecule has 1 aliphatic heterocycles. The average Bonchev–Trinajstić information content (AvgIpc) is 3.59. The molecule has 0 spiro atoms. The molecule has 0 saturated heterocycles. The molecule has 32 heavy (non-hydrogen) atoms. The monoisotopic (exact) mass is 514 g/mol. The van der Waals surface area contributed by atoms with Crippen molar-refractivity contribution < 1.29 is 9.59 Å². The lowest BCUT2D eigenvalue weighted by molar-refractivity contribution is 0.0707. The number of carbonyl (C=O) groups excluding carboxylic acids is 2. The average molecular weight is 516 g/mol. The fourth-order valence-corrected chi connectivity index (χ4v) is 4.52. The quantitative estimate of drug-likeness (QED) is 0.563. The number of hydrogen-bond donors (Lipinski definition) is 1. The van der Waals surface area contributed by atoms with Crippen molar-refractivity contribution in [3.05, 3.63) is 85.5 Å². The number of hydrogen-bond acceptors (Lipinski definition) is 3. The summed E-state index contributed by atoms with van der Waals surface area (Å²) >= 11 is 9.50. The van der Waals surface area contributed by atoms with Gasteiger partial charge in [0.25, 0.3) is 11.8 Å². The lowest BCUT2D eigenvalue weighted by Crippen LogP contribution is -2.41. The molecule has 2 aromatic carbocycles. The van der Waals surface area contributed by atoms with E-state index in [9.17, 15) is 14.4 Å². The summed E-state index contributed by atoms with van der Waals surface area (Å²) in [5, 5.41) is 3.35. The number of nitrogens with zero attached hydrogens (tertiary/aromatic N) is 3. The van der Waals surface area contributed by atoms with Gasteiger partial charge in [-0.3, -0.25) is 18.7 Å². The molecule has 0 unspecified atom stereocenters. The Morgan fingerprint density at radius 3 is 2.50 bits per heavy atom. The van der Waals surface area contributed by atoms with Crippen molar-refractivity contribution in [3.8, 4) is 0 Å². The highest BCUT2D eigenvalue weighted by atomic mass is 79.9. The van der Waals surface area contributed by atoms with Gasteiger partial charge >= 0.3 is 5.69 Å². The lowest BCUT2D eigenvalue weighted by Gasteiger charge is -2.28. The highest BCUT2D eigenvalue weighted by molar-refractivity contribution is 9.10. The summed E-state index contributed by atoms with van der Waals surface area (Å²) in [6, 6.07) is 14.2. The Bertz CT molecular complexity index is 1280. The van der Waals surface area contributed by atoms with Crippen molar-refractivity contribution in [2.45, 2.75) is 32.0 Å². The van der Waals surface area contributed by atoms with Gasteiger partial charge in [-0.25, -0.2) is 4.79 Å².